The maximum absolute atomic E-state index is 12.9. The van der Waals surface area contributed by atoms with Crippen LogP contribution < -0.4 is 21.2 Å². The summed E-state index contributed by atoms with van der Waals surface area (Å²) in [5.41, 5.74) is 6.14. The van der Waals surface area contributed by atoms with Crippen LogP contribution in [-0.2, 0) is 4.79 Å². The number of hydrogen-bond acceptors (Lipinski definition) is 5. The van der Waals surface area contributed by atoms with E-state index in [9.17, 15) is 14.4 Å². The highest BCUT2D eigenvalue weighted by Gasteiger charge is 2.20. The smallest absolute Gasteiger partial charge is 0.318 e. The Morgan fingerprint density at radius 3 is 2.67 bits per heavy atom. The molecule has 27 heavy (non-hydrogen) atoms. The van der Waals surface area contributed by atoms with E-state index in [4.69, 9.17) is 26.5 Å². The molecule has 3 rings (SSSR count). The van der Waals surface area contributed by atoms with Crippen LogP contribution in [0.3, 0.4) is 0 Å². The molecule has 7 nitrogen and oxygen atoms in total. The fraction of sp³-hybridized carbons (Fsp3) is 0.105. The van der Waals surface area contributed by atoms with Gasteiger partial charge in [0.2, 0.25) is 11.2 Å². The summed E-state index contributed by atoms with van der Waals surface area (Å²) in [4.78, 5) is 35.4. The molecule has 1 aromatic heterocycles. The van der Waals surface area contributed by atoms with E-state index in [0.29, 0.717) is 21.6 Å². The van der Waals surface area contributed by atoms with Crippen LogP contribution in [0.25, 0.3) is 22.3 Å². The van der Waals surface area contributed by atoms with Crippen molar-refractivity contribution in [1.29, 1.82) is 0 Å². The molecule has 0 aliphatic heterocycles. The maximum Gasteiger partial charge on any atom is 0.318 e. The molecule has 0 bridgehead atoms. The van der Waals surface area contributed by atoms with Gasteiger partial charge in [-0.1, -0.05) is 29.8 Å². The summed E-state index contributed by atoms with van der Waals surface area (Å²) in [5.74, 6) is -0.884. The fourth-order valence-corrected chi connectivity index (χ4v) is 2.77. The van der Waals surface area contributed by atoms with Crippen molar-refractivity contribution in [2.45, 2.75) is 6.92 Å². The Balaban J connectivity index is 2.16. The van der Waals surface area contributed by atoms with Crippen molar-refractivity contribution in [3.05, 3.63) is 63.3 Å². The average molecular weight is 387 g/mol. The fourth-order valence-electron chi connectivity index (χ4n) is 2.55. The molecule has 0 fully saturated rings. The van der Waals surface area contributed by atoms with Crippen LogP contribution in [0.5, 0.6) is 5.75 Å². The van der Waals surface area contributed by atoms with Gasteiger partial charge in [-0.3, -0.25) is 14.9 Å². The van der Waals surface area contributed by atoms with Crippen LogP contribution in [0.2, 0.25) is 5.02 Å². The molecule has 3 amide bonds. The average Bonchev–Trinajstić information content (AvgIpc) is 2.60. The van der Waals surface area contributed by atoms with E-state index in [-0.39, 0.29) is 11.5 Å². The number of carbonyl (C=O) groups is 2. The van der Waals surface area contributed by atoms with E-state index in [0.717, 1.165) is 5.56 Å². The molecule has 0 aliphatic rings. The Bertz CT molecular complexity index is 1110. The number of hydrogen-bond donors (Lipinski definition) is 2. The van der Waals surface area contributed by atoms with Gasteiger partial charge < -0.3 is 14.9 Å². The van der Waals surface area contributed by atoms with Gasteiger partial charge in [0.15, 0.2) is 12.4 Å². The zero-order valence-electron chi connectivity index (χ0n) is 14.2. The van der Waals surface area contributed by atoms with Crippen LogP contribution in [0.15, 0.2) is 51.7 Å². The lowest BCUT2D eigenvalue weighted by Gasteiger charge is -2.12. The van der Waals surface area contributed by atoms with Crippen LogP contribution in [0, 0.1) is 6.92 Å². The topological polar surface area (TPSA) is 112 Å². The Hall–Kier alpha value is -3.32. The summed E-state index contributed by atoms with van der Waals surface area (Å²) in [6, 6.07) is 10.8. The number of urea groups is 1. The SMILES string of the molecule is Cc1ccc2c(=O)c(OCC(=O)NC(N)=O)c(-c3ccccc3Cl)oc2c1. The molecule has 0 saturated carbocycles. The second-order valence-electron chi connectivity index (χ2n) is 5.77. The van der Waals surface area contributed by atoms with E-state index >= 15 is 0 Å². The molecule has 3 aromatic rings. The van der Waals surface area contributed by atoms with Crippen molar-refractivity contribution in [3.63, 3.8) is 0 Å². The molecule has 8 heteroatoms. The van der Waals surface area contributed by atoms with Gasteiger partial charge in [-0.2, -0.15) is 0 Å². The minimum Gasteiger partial charge on any atom is -0.476 e. The number of benzene rings is 2. The summed E-state index contributed by atoms with van der Waals surface area (Å²) in [5, 5.41) is 2.50. The number of amides is 3. The number of imide groups is 1. The van der Waals surface area contributed by atoms with Crippen LogP contribution in [0.1, 0.15) is 5.56 Å². The van der Waals surface area contributed by atoms with Crippen molar-refractivity contribution >= 4 is 34.5 Å². The summed E-state index contributed by atoms with van der Waals surface area (Å²) < 4.78 is 11.3. The molecule has 2 aromatic carbocycles. The molecule has 0 radical (unpaired) electrons. The lowest BCUT2D eigenvalue weighted by atomic mass is 10.1. The van der Waals surface area contributed by atoms with Crippen LogP contribution in [-0.4, -0.2) is 18.5 Å². The molecular formula is C19H15ClN2O5. The van der Waals surface area contributed by atoms with Gasteiger partial charge in [-0.15, -0.1) is 0 Å². The zero-order chi connectivity index (χ0) is 19.6. The zero-order valence-corrected chi connectivity index (χ0v) is 15.0. The number of primary amides is 1. The summed E-state index contributed by atoms with van der Waals surface area (Å²) in [6.45, 7) is 1.27. The highest BCUT2D eigenvalue weighted by atomic mass is 35.5. The van der Waals surface area contributed by atoms with Crippen molar-refractivity contribution in [3.8, 4) is 17.1 Å². The minimum atomic E-state index is -1.02. The van der Waals surface area contributed by atoms with Crippen molar-refractivity contribution in [2.75, 3.05) is 6.61 Å². The quantitative estimate of drug-likeness (QED) is 0.715. The van der Waals surface area contributed by atoms with Gasteiger partial charge >= 0.3 is 6.03 Å². The molecule has 0 atom stereocenters. The summed E-state index contributed by atoms with van der Waals surface area (Å²) in [6.07, 6.45) is 0. The Morgan fingerprint density at radius 2 is 1.96 bits per heavy atom. The lowest BCUT2D eigenvalue weighted by Crippen LogP contribution is -2.38. The highest BCUT2D eigenvalue weighted by Crippen LogP contribution is 2.35. The third-order valence-electron chi connectivity index (χ3n) is 3.73. The van der Waals surface area contributed by atoms with Crippen LogP contribution >= 0.6 is 11.6 Å². The predicted molar refractivity (Wildman–Crippen MR) is 101 cm³/mol. The number of halogens is 1. The second-order valence-corrected chi connectivity index (χ2v) is 6.18. The Morgan fingerprint density at radius 1 is 1.22 bits per heavy atom. The molecule has 1 heterocycles. The maximum atomic E-state index is 12.9. The number of rotatable bonds is 4. The van der Waals surface area contributed by atoms with E-state index in [1.54, 1.807) is 42.5 Å². The minimum absolute atomic E-state index is 0.0931. The number of ether oxygens (including phenoxy) is 1. The first kappa shape index (κ1) is 18.5. The predicted octanol–water partition coefficient (Wildman–Crippen LogP) is 3.00. The van der Waals surface area contributed by atoms with E-state index in [2.05, 4.69) is 0 Å². The van der Waals surface area contributed by atoms with Gasteiger partial charge in [0.05, 0.1) is 10.4 Å². The van der Waals surface area contributed by atoms with Crippen molar-refractivity contribution in [1.82, 2.24) is 5.32 Å². The normalized spacial score (nSPS) is 10.6. The van der Waals surface area contributed by atoms with Gasteiger partial charge in [-0.25, -0.2) is 4.79 Å². The van der Waals surface area contributed by atoms with E-state index in [1.807, 2.05) is 12.2 Å². The first-order valence-corrected chi connectivity index (χ1v) is 8.29. The summed E-state index contributed by atoms with van der Waals surface area (Å²) >= 11 is 6.24. The first-order chi connectivity index (χ1) is 12.9. The van der Waals surface area contributed by atoms with E-state index in [1.165, 1.54) is 0 Å². The number of aryl methyl sites for hydroxylation is 1. The lowest BCUT2D eigenvalue weighted by molar-refractivity contribution is -0.121. The van der Waals surface area contributed by atoms with Gasteiger partial charge in [0.25, 0.3) is 5.91 Å². The molecule has 0 spiro atoms. The van der Waals surface area contributed by atoms with Gasteiger partial charge in [-0.05, 0) is 36.8 Å². The third-order valence-corrected chi connectivity index (χ3v) is 4.06. The van der Waals surface area contributed by atoms with Crippen LogP contribution in [0.4, 0.5) is 4.79 Å². The second kappa shape index (κ2) is 7.51. The molecule has 0 aliphatic carbocycles. The Kier molecular flexibility index (Phi) is 5.14. The van der Waals surface area contributed by atoms with Gasteiger partial charge in [0, 0.05) is 5.56 Å². The number of nitrogens with one attached hydrogen (secondary N) is 1. The van der Waals surface area contributed by atoms with Crippen molar-refractivity contribution in [2.24, 2.45) is 5.73 Å². The summed E-state index contributed by atoms with van der Waals surface area (Å²) in [7, 11) is 0. The monoisotopic (exact) mass is 386 g/mol. The number of carbonyl (C=O) groups excluding carboxylic acids is 2. The van der Waals surface area contributed by atoms with Gasteiger partial charge in [0.1, 0.15) is 5.58 Å². The first-order valence-electron chi connectivity index (χ1n) is 7.91. The highest BCUT2D eigenvalue weighted by molar-refractivity contribution is 6.33. The van der Waals surface area contributed by atoms with E-state index < -0.39 is 24.0 Å². The Labute approximate surface area is 158 Å². The number of fused-ring (bicyclic) bond motifs is 1. The molecule has 0 saturated heterocycles. The standard InChI is InChI=1S/C19H15ClN2O5/c1-10-6-7-12-14(8-10)27-17(11-4-2-3-5-13(11)20)18(16(12)24)26-9-15(23)22-19(21)25/h2-8H,9H2,1H3,(H3,21,22,23,25). The number of nitrogens with two attached hydrogens (primary N) is 1. The largest absolute Gasteiger partial charge is 0.476 e. The molecule has 3 N–H and O–H groups in total. The molecule has 0 unspecified atom stereocenters. The molecular weight excluding hydrogens is 372 g/mol. The van der Waals surface area contributed by atoms with Crippen molar-refractivity contribution < 1.29 is 18.7 Å². The third kappa shape index (κ3) is 3.93. The molecule has 138 valence electrons.